The number of rotatable bonds is 4. The van der Waals surface area contributed by atoms with Crippen molar-refractivity contribution in [3.8, 4) is 17.0 Å². The Morgan fingerprint density at radius 1 is 1.10 bits per heavy atom. The minimum absolute atomic E-state index is 0.0840. The van der Waals surface area contributed by atoms with Gasteiger partial charge in [-0.15, -0.1) is 0 Å². The van der Waals surface area contributed by atoms with Crippen molar-refractivity contribution >= 4 is 5.91 Å². The molecule has 0 aliphatic carbocycles. The van der Waals surface area contributed by atoms with Crippen LogP contribution in [0.15, 0.2) is 54.6 Å². The number of para-hydroxylation sites is 1. The lowest BCUT2D eigenvalue weighted by molar-refractivity contribution is -0.0227. The highest BCUT2D eigenvalue weighted by molar-refractivity contribution is 5.95. The van der Waals surface area contributed by atoms with Crippen LogP contribution in [0.3, 0.4) is 0 Å². The van der Waals surface area contributed by atoms with Crippen LogP contribution in [0.2, 0.25) is 0 Å². The van der Waals surface area contributed by atoms with Crippen LogP contribution >= 0.6 is 0 Å². The van der Waals surface area contributed by atoms with Crippen LogP contribution < -0.4 is 4.74 Å². The van der Waals surface area contributed by atoms with E-state index in [0.717, 1.165) is 22.4 Å². The first-order chi connectivity index (χ1) is 14.0. The van der Waals surface area contributed by atoms with Crippen molar-refractivity contribution in [1.29, 1.82) is 0 Å². The van der Waals surface area contributed by atoms with E-state index in [2.05, 4.69) is 10.2 Å². The number of hydrogen-bond acceptors (Lipinski definition) is 4. The number of nitrogens with zero attached hydrogens (tertiary/aromatic N) is 2. The highest BCUT2D eigenvalue weighted by Gasteiger charge is 2.38. The topological polar surface area (TPSA) is 78.5 Å². The van der Waals surface area contributed by atoms with E-state index >= 15 is 0 Å². The van der Waals surface area contributed by atoms with Gasteiger partial charge >= 0.3 is 0 Å². The first-order valence-electron chi connectivity index (χ1n) is 9.79. The van der Waals surface area contributed by atoms with Crippen molar-refractivity contribution in [2.45, 2.75) is 25.4 Å². The third-order valence-electron chi connectivity index (χ3n) is 5.76. The standard InChI is InChI=1S/C23H25N3O3/c1-16-20(17-8-4-3-5-9-17)24-25-21(16)22(27)26-14-12-23(28,13-15-26)18-10-6-7-11-19(18)29-2/h3-11,28H,12-15H2,1-2H3,(H,24,25). The molecule has 1 fully saturated rings. The maximum Gasteiger partial charge on any atom is 0.272 e. The second-order valence-electron chi connectivity index (χ2n) is 7.46. The SMILES string of the molecule is COc1ccccc1C1(O)CCN(C(=O)c2[nH]nc(-c3ccccc3)c2C)CC1. The first-order valence-corrected chi connectivity index (χ1v) is 9.79. The number of methoxy groups -OCH3 is 1. The zero-order valence-electron chi connectivity index (χ0n) is 16.7. The fourth-order valence-electron chi connectivity index (χ4n) is 4.02. The summed E-state index contributed by atoms with van der Waals surface area (Å²) in [6, 6.07) is 17.3. The van der Waals surface area contributed by atoms with Gasteiger partial charge in [-0.2, -0.15) is 5.10 Å². The number of H-pyrrole nitrogens is 1. The third kappa shape index (κ3) is 3.51. The first kappa shape index (κ1) is 19.2. The number of carbonyl (C=O) groups excluding carboxylic acids is 1. The molecule has 1 amide bonds. The van der Waals surface area contributed by atoms with Crippen LogP contribution in [-0.4, -0.2) is 46.3 Å². The lowest BCUT2D eigenvalue weighted by Crippen LogP contribution is -2.45. The van der Waals surface area contributed by atoms with Crippen LogP contribution in [0.4, 0.5) is 0 Å². The Bertz CT molecular complexity index is 1010. The fraction of sp³-hybridized carbons (Fsp3) is 0.304. The van der Waals surface area contributed by atoms with Gasteiger partial charge < -0.3 is 14.7 Å². The monoisotopic (exact) mass is 391 g/mol. The number of nitrogens with one attached hydrogen (secondary N) is 1. The number of benzene rings is 2. The normalized spacial score (nSPS) is 15.9. The molecule has 1 aliphatic rings. The smallest absolute Gasteiger partial charge is 0.272 e. The highest BCUT2D eigenvalue weighted by Crippen LogP contribution is 2.38. The number of aromatic amines is 1. The molecule has 0 spiro atoms. The summed E-state index contributed by atoms with van der Waals surface area (Å²) in [6.07, 6.45) is 0.912. The zero-order chi connectivity index (χ0) is 20.4. The van der Waals surface area contributed by atoms with E-state index in [4.69, 9.17) is 4.74 Å². The third-order valence-corrected chi connectivity index (χ3v) is 5.76. The number of piperidine rings is 1. The molecule has 0 atom stereocenters. The summed E-state index contributed by atoms with van der Waals surface area (Å²) < 4.78 is 5.41. The second-order valence-corrected chi connectivity index (χ2v) is 7.46. The van der Waals surface area contributed by atoms with Gasteiger partial charge in [0, 0.05) is 29.8 Å². The molecule has 0 radical (unpaired) electrons. The maximum absolute atomic E-state index is 13.1. The van der Waals surface area contributed by atoms with Gasteiger partial charge in [0.15, 0.2) is 0 Å². The molecule has 1 aliphatic heterocycles. The fourth-order valence-corrected chi connectivity index (χ4v) is 4.02. The van der Waals surface area contributed by atoms with Gasteiger partial charge in [0.05, 0.1) is 18.4 Å². The Balaban J connectivity index is 1.51. The van der Waals surface area contributed by atoms with Gasteiger partial charge in [-0.1, -0.05) is 48.5 Å². The molecular formula is C23H25N3O3. The largest absolute Gasteiger partial charge is 0.496 e. The minimum Gasteiger partial charge on any atom is -0.496 e. The van der Waals surface area contributed by atoms with Gasteiger partial charge in [-0.25, -0.2) is 0 Å². The van der Waals surface area contributed by atoms with Crippen molar-refractivity contribution in [2.75, 3.05) is 20.2 Å². The summed E-state index contributed by atoms with van der Waals surface area (Å²) >= 11 is 0. The van der Waals surface area contributed by atoms with Crippen LogP contribution in [0.1, 0.15) is 34.5 Å². The summed E-state index contributed by atoms with van der Waals surface area (Å²) in [5.74, 6) is 0.589. The molecular weight excluding hydrogens is 366 g/mol. The van der Waals surface area contributed by atoms with E-state index < -0.39 is 5.60 Å². The molecule has 1 aromatic heterocycles. The van der Waals surface area contributed by atoms with Crippen molar-refractivity contribution in [2.24, 2.45) is 0 Å². The lowest BCUT2D eigenvalue weighted by Gasteiger charge is -2.39. The van der Waals surface area contributed by atoms with E-state index in [0.29, 0.717) is 37.4 Å². The van der Waals surface area contributed by atoms with Crippen LogP contribution in [0.25, 0.3) is 11.3 Å². The van der Waals surface area contributed by atoms with Gasteiger partial charge in [0.2, 0.25) is 0 Å². The molecule has 3 aromatic rings. The van der Waals surface area contributed by atoms with E-state index in [1.807, 2.05) is 61.5 Å². The number of ether oxygens (including phenoxy) is 1. The summed E-state index contributed by atoms with van der Waals surface area (Å²) in [7, 11) is 1.60. The molecule has 6 heteroatoms. The van der Waals surface area contributed by atoms with Gasteiger partial charge in [0.1, 0.15) is 11.4 Å². The highest BCUT2D eigenvalue weighted by atomic mass is 16.5. The van der Waals surface area contributed by atoms with Crippen LogP contribution in [0, 0.1) is 6.92 Å². The van der Waals surface area contributed by atoms with Gasteiger partial charge in [-0.3, -0.25) is 9.89 Å². The number of hydrogen-bond donors (Lipinski definition) is 2. The van der Waals surface area contributed by atoms with Crippen molar-refractivity contribution in [3.63, 3.8) is 0 Å². The molecule has 150 valence electrons. The molecule has 0 saturated carbocycles. The molecule has 4 rings (SSSR count). The molecule has 0 bridgehead atoms. The van der Waals surface area contributed by atoms with E-state index in [1.165, 1.54) is 0 Å². The number of likely N-dealkylation sites (tertiary alicyclic amines) is 1. The van der Waals surface area contributed by atoms with Gasteiger partial charge in [0.25, 0.3) is 5.91 Å². The Morgan fingerprint density at radius 3 is 2.45 bits per heavy atom. The zero-order valence-corrected chi connectivity index (χ0v) is 16.7. The molecule has 2 aromatic carbocycles. The summed E-state index contributed by atoms with van der Waals surface area (Å²) in [6.45, 7) is 2.84. The predicted octanol–water partition coefficient (Wildman–Crippen LogP) is 3.52. The number of aliphatic hydroxyl groups is 1. The molecule has 2 N–H and O–H groups in total. The van der Waals surface area contributed by atoms with E-state index in [-0.39, 0.29) is 5.91 Å². The number of aromatic nitrogens is 2. The summed E-state index contributed by atoms with van der Waals surface area (Å²) in [4.78, 5) is 14.9. The van der Waals surface area contributed by atoms with Crippen LogP contribution in [-0.2, 0) is 5.60 Å². The molecule has 1 saturated heterocycles. The average molecular weight is 391 g/mol. The quantitative estimate of drug-likeness (QED) is 0.713. The average Bonchev–Trinajstić information content (AvgIpc) is 3.15. The molecule has 2 heterocycles. The molecule has 29 heavy (non-hydrogen) atoms. The van der Waals surface area contributed by atoms with E-state index in [9.17, 15) is 9.90 Å². The Kier molecular flexibility index (Phi) is 5.11. The lowest BCUT2D eigenvalue weighted by atomic mass is 9.83. The number of amides is 1. The summed E-state index contributed by atoms with van der Waals surface area (Å²) in [5.41, 5.74) is 2.89. The van der Waals surface area contributed by atoms with Crippen LogP contribution in [0.5, 0.6) is 5.75 Å². The molecule has 6 nitrogen and oxygen atoms in total. The maximum atomic E-state index is 13.1. The van der Waals surface area contributed by atoms with E-state index in [1.54, 1.807) is 12.0 Å². The Hall–Kier alpha value is -3.12. The predicted molar refractivity (Wildman–Crippen MR) is 111 cm³/mol. The summed E-state index contributed by atoms with van der Waals surface area (Å²) in [5, 5.41) is 18.5. The number of carbonyl (C=O) groups is 1. The van der Waals surface area contributed by atoms with Gasteiger partial charge in [-0.05, 0) is 25.8 Å². The van der Waals surface area contributed by atoms with Crippen molar-refractivity contribution in [3.05, 3.63) is 71.4 Å². The molecule has 0 unspecified atom stereocenters. The van der Waals surface area contributed by atoms with Crippen molar-refractivity contribution < 1.29 is 14.6 Å². The van der Waals surface area contributed by atoms with Crippen molar-refractivity contribution in [1.82, 2.24) is 15.1 Å². The minimum atomic E-state index is -0.998. The second kappa shape index (κ2) is 7.72. The Morgan fingerprint density at radius 2 is 1.76 bits per heavy atom. The Labute approximate surface area is 170 Å².